The molecule has 3 rings (SSSR count). The Morgan fingerprint density at radius 2 is 1.79 bits per heavy atom. The summed E-state index contributed by atoms with van der Waals surface area (Å²) in [5.41, 5.74) is 2.29. The van der Waals surface area contributed by atoms with Crippen molar-refractivity contribution in [2.45, 2.75) is 19.7 Å². The Hall–Kier alpha value is -2.60. The average Bonchev–Trinajstić information content (AvgIpc) is 2.69. The number of hydrogen-bond donors (Lipinski definition) is 2. The summed E-state index contributed by atoms with van der Waals surface area (Å²) in [5.74, 6) is -0.807. The highest BCUT2D eigenvalue weighted by molar-refractivity contribution is 6.31. The number of hydrogen-bond acceptors (Lipinski definition) is 3. The van der Waals surface area contributed by atoms with E-state index in [0.717, 1.165) is 11.1 Å². The fourth-order valence-corrected chi connectivity index (χ4v) is 3.17. The van der Waals surface area contributed by atoms with Gasteiger partial charge in [-0.2, -0.15) is 0 Å². The molecule has 3 aromatic rings. The summed E-state index contributed by atoms with van der Waals surface area (Å²) in [4.78, 5) is 10.9. The molecule has 2 N–H and O–H groups in total. The van der Waals surface area contributed by atoms with Crippen molar-refractivity contribution in [2.75, 3.05) is 0 Å². The lowest BCUT2D eigenvalue weighted by molar-refractivity contribution is 0.0697. The quantitative estimate of drug-likeness (QED) is 0.478. The number of rotatable bonds is 8. The predicted molar refractivity (Wildman–Crippen MR) is 111 cm³/mol. The molecule has 29 heavy (non-hydrogen) atoms. The molecule has 0 amide bonds. The highest BCUT2D eigenvalue weighted by Crippen LogP contribution is 2.26. The fourth-order valence-electron chi connectivity index (χ4n) is 2.75. The van der Waals surface area contributed by atoms with Gasteiger partial charge in [0.25, 0.3) is 0 Å². The first-order valence-electron chi connectivity index (χ1n) is 8.81. The zero-order chi connectivity index (χ0) is 20.8. The number of aromatic carboxylic acids is 1. The van der Waals surface area contributed by atoms with Crippen molar-refractivity contribution in [3.63, 3.8) is 0 Å². The Balaban J connectivity index is 1.64. The molecule has 0 aliphatic heterocycles. The zero-order valence-corrected chi connectivity index (χ0v) is 16.8. The molecule has 0 aliphatic carbocycles. The Bertz CT molecular complexity index is 989. The van der Waals surface area contributed by atoms with E-state index in [2.05, 4.69) is 5.32 Å². The fraction of sp³-hybridized carbons (Fsp3) is 0.136. The van der Waals surface area contributed by atoms with Gasteiger partial charge in [0, 0.05) is 29.2 Å². The van der Waals surface area contributed by atoms with E-state index in [1.807, 2.05) is 0 Å². The number of carboxylic acid groups (broad SMARTS) is 1. The summed E-state index contributed by atoms with van der Waals surface area (Å²) in [6.07, 6.45) is 0. The normalized spacial score (nSPS) is 10.7. The zero-order valence-electron chi connectivity index (χ0n) is 15.3. The number of halogens is 3. The highest BCUT2D eigenvalue weighted by atomic mass is 35.5. The van der Waals surface area contributed by atoms with Crippen molar-refractivity contribution in [1.29, 1.82) is 0 Å². The van der Waals surface area contributed by atoms with Crippen LogP contribution >= 0.6 is 23.2 Å². The van der Waals surface area contributed by atoms with Gasteiger partial charge in [-0.25, -0.2) is 9.18 Å². The Morgan fingerprint density at radius 3 is 2.48 bits per heavy atom. The molecule has 3 aromatic carbocycles. The van der Waals surface area contributed by atoms with Crippen molar-refractivity contribution in [3.8, 4) is 5.75 Å². The maximum absolute atomic E-state index is 14.0. The van der Waals surface area contributed by atoms with Crippen LogP contribution < -0.4 is 10.1 Å². The topological polar surface area (TPSA) is 58.6 Å². The molecule has 0 atom stereocenters. The van der Waals surface area contributed by atoms with Crippen molar-refractivity contribution >= 4 is 29.2 Å². The second-order valence-electron chi connectivity index (χ2n) is 6.35. The van der Waals surface area contributed by atoms with Crippen LogP contribution in [0, 0.1) is 5.82 Å². The Labute approximate surface area is 177 Å². The van der Waals surface area contributed by atoms with Crippen LogP contribution in [0.1, 0.15) is 27.0 Å². The first kappa shape index (κ1) is 21.1. The molecule has 0 fully saturated rings. The second-order valence-corrected chi connectivity index (χ2v) is 7.19. The van der Waals surface area contributed by atoms with Gasteiger partial charge >= 0.3 is 5.97 Å². The number of carboxylic acids is 1. The lowest BCUT2D eigenvalue weighted by Crippen LogP contribution is -2.14. The number of ether oxygens (including phenoxy) is 1. The van der Waals surface area contributed by atoms with Crippen molar-refractivity contribution in [1.82, 2.24) is 5.32 Å². The molecule has 150 valence electrons. The van der Waals surface area contributed by atoms with Gasteiger partial charge in [0.15, 0.2) is 0 Å². The van der Waals surface area contributed by atoms with Gasteiger partial charge in [0.2, 0.25) is 0 Å². The molecule has 0 saturated heterocycles. The molecule has 0 bridgehead atoms. The van der Waals surface area contributed by atoms with Gasteiger partial charge in [0.1, 0.15) is 18.2 Å². The lowest BCUT2D eigenvalue weighted by Gasteiger charge is -2.14. The number of nitrogens with one attached hydrogen (secondary N) is 1. The predicted octanol–water partition coefficient (Wildman–Crippen LogP) is 5.70. The molecule has 4 nitrogen and oxygen atoms in total. The molecule has 0 saturated carbocycles. The van der Waals surface area contributed by atoms with Crippen LogP contribution in [-0.4, -0.2) is 11.1 Å². The summed E-state index contributed by atoms with van der Waals surface area (Å²) in [5, 5.41) is 13.1. The van der Waals surface area contributed by atoms with Crippen LogP contribution in [0.15, 0.2) is 60.7 Å². The minimum absolute atomic E-state index is 0.00318. The summed E-state index contributed by atoms with van der Waals surface area (Å²) in [7, 11) is 0. The molecule has 0 unspecified atom stereocenters. The third-order valence-corrected chi connectivity index (χ3v) is 4.89. The minimum atomic E-state index is -0.958. The summed E-state index contributed by atoms with van der Waals surface area (Å²) >= 11 is 12.2. The van der Waals surface area contributed by atoms with E-state index in [4.69, 9.17) is 33.0 Å². The van der Waals surface area contributed by atoms with E-state index in [-0.39, 0.29) is 12.2 Å². The Morgan fingerprint density at radius 1 is 1.03 bits per heavy atom. The van der Waals surface area contributed by atoms with Gasteiger partial charge in [-0.1, -0.05) is 41.4 Å². The average molecular weight is 434 g/mol. The second kappa shape index (κ2) is 9.74. The van der Waals surface area contributed by atoms with Crippen molar-refractivity contribution in [2.24, 2.45) is 0 Å². The van der Waals surface area contributed by atoms with Crippen LogP contribution in [0.25, 0.3) is 0 Å². The van der Waals surface area contributed by atoms with Gasteiger partial charge in [-0.05, 0) is 48.0 Å². The third kappa shape index (κ3) is 5.70. The largest absolute Gasteiger partial charge is 0.488 e. The molecular weight excluding hydrogens is 416 g/mol. The van der Waals surface area contributed by atoms with Gasteiger partial charge in [-0.15, -0.1) is 0 Å². The van der Waals surface area contributed by atoms with Crippen LogP contribution in [0.4, 0.5) is 4.39 Å². The first-order valence-corrected chi connectivity index (χ1v) is 9.56. The number of benzene rings is 3. The summed E-state index contributed by atoms with van der Waals surface area (Å²) in [6.45, 7) is 0.989. The molecule has 0 heterocycles. The third-order valence-electron chi connectivity index (χ3n) is 4.30. The SMILES string of the molecule is O=C(O)c1ccc(CNCc2cc(Cl)ccc2OCc2c(F)cccc2Cl)cc1. The summed E-state index contributed by atoms with van der Waals surface area (Å²) < 4.78 is 19.7. The molecule has 0 aromatic heterocycles. The Kier molecular flexibility index (Phi) is 7.09. The van der Waals surface area contributed by atoms with E-state index in [1.54, 1.807) is 54.6 Å². The molecular formula is C22H18Cl2FNO3. The lowest BCUT2D eigenvalue weighted by atomic mass is 10.1. The molecule has 0 aliphatic rings. The van der Waals surface area contributed by atoms with E-state index in [1.165, 1.54) is 6.07 Å². The van der Waals surface area contributed by atoms with E-state index in [9.17, 15) is 9.18 Å². The number of carbonyl (C=O) groups is 1. The van der Waals surface area contributed by atoms with Crippen LogP contribution in [0.5, 0.6) is 5.75 Å². The van der Waals surface area contributed by atoms with E-state index < -0.39 is 11.8 Å². The van der Waals surface area contributed by atoms with Crippen LogP contribution in [0.2, 0.25) is 10.0 Å². The van der Waals surface area contributed by atoms with Gasteiger partial charge in [0.05, 0.1) is 10.6 Å². The maximum atomic E-state index is 14.0. The van der Waals surface area contributed by atoms with Crippen LogP contribution in [0.3, 0.4) is 0 Å². The standard InChI is InChI=1S/C22H18Cl2FNO3/c23-17-8-9-21(29-13-18-19(24)2-1-3-20(18)25)16(10-17)12-26-11-14-4-6-15(7-5-14)22(27)28/h1-10,26H,11-13H2,(H,27,28). The van der Waals surface area contributed by atoms with E-state index in [0.29, 0.717) is 34.4 Å². The van der Waals surface area contributed by atoms with Crippen molar-refractivity contribution in [3.05, 3.63) is 98.8 Å². The van der Waals surface area contributed by atoms with Gasteiger partial charge in [-0.3, -0.25) is 0 Å². The molecule has 0 radical (unpaired) electrons. The monoisotopic (exact) mass is 433 g/mol. The first-order chi connectivity index (χ1) is 13.9. The van der Waals surface area contributed by atoms with Gasteiger partial charge < -0.3 is 15.2 Å². The maximum Gasteiger partial charge on any atom is 0.335 e. The van der Waals surface area contributed by atoms with E-state index >= 15 is 0 Å². The van der Waals surface area contributed by atoms with Crippen LogP contribution in [-0.2, 0) is 19.7 Å². The highest BCUT2D eigenvalue weighted by Gasteiger charge is 2.10. The minimum Gasteiger partial charge on any atom is -0.488 e. The summed E-state index contributed by atoms with van der Waals surface area (Å²) in [6, 6.07) is 16.3. The molecule has 7 heteroatoms. The smallest absolute Gasteiger partial charge is 0.335 e. The van der Waals surface area contributed by atoms with Crippen molar-refractivity contribution < 1.29 is 19.0 Å². The molecule has 0 spiro atoms.